The number of halogens is 2. The molecule has 0 aliphatic heterocycles. The maximum atomic E-state index is 12.2. The summed E-state index contributed by atoms with van der Waals surface area (Å²) in [4.78, 5) is 38.9. The van der Waals surface area contributed by atoms with Gasteiger partial charge >= 0.3 is 0 Å². The average molecular weight is 475 g/mol. The second-order valence-electron chi connectivity index (χ2n) is 6.87. The number of rotatable bonds is 9. The number of amides is 3. The molecule has 0 saturated carbocycles. The fourth-order valence-electron chi connectivity index (χ4n) is 2.79. The van der Waals surface area contributed by atoms with Gasteiger partial charge in [0.05, 0.1) is 17.8 Å². The lowest BCUT2D eigenvalue weighted by Gasteiger charge is -2.06. The fraction of sp³-hybridized carbons (Fsp3) is 0.182. The van der Waals surface area contributed by atoms with Crippen molar-refractivity contribution in [3.63, 3.8) is 0 Å². The number of hydrogen-bond donors (Lipinski definition) is 3. The molecule has 0 spiro atoms. The molecule has 0 aliphatic carbocycles. The maximum absolute atomic E-state index is 12.2. The molecule has 166 valence electrons. The van der Waals surface area contributed by atoms with Crippen molar-refractivity contribution in [2.45, 2.75) is 19.4 Å². The lowest BCUT2D eigenvalue weighted by atomic mass is 10.1. The second kappa shape index (κ2) is 10.8. The minimum atomic E-state index is -0.618. The van der Waals surface area contributed by atoms with Gasteiger partial charge in [-0.3, -0.25) is 14.4 Å². The van der Waals surface area contributed by atoms with Crippen LogP contribution in [0.25, 0.3) is 11.3 Å². The van der Waals surface area contributed by atoms with Crippen LogP contribution >= 0.6 is 23.2 Å². The van der Waals surface area contributed by atoms with Gasteiger partial charge in [-0.25, -0.2) is 4.98 Å². The number of carbonyl (C=O) groups excluding carboxylic acids is 3. The topological polar surface area (TPSA) is 127 Å². The standard InChI is InChI=1S/C22H20Cl2N4O4/c23-15-5-6-16(17(24)9-15)18-11-27-21(32-18)8-7-20(30)26-10-13-1-3-14(4-2-13)22(31)28-12-19(25)29/h1-6,9,11H,7-8,10,12H2,(H2,25,29)(H,26,30)(H,28,31). The van der Waals surface area contributed by atoms with E-state index >= 15 is 0 Å². The Hall–Kier alpha value is -3.36. The van der Waals surface area contributed by atoms with Crippen molar-refractivity contribution in [1.29, 1.82) is 0 Å². The largest absolute Gasteiger partial charge is 0.441 e. The normalized spacial score (nSPS) is 10.6. The Balaban J connectivity index is 1.46. The highest BCUT2D eigenvalue weighted by Gasteiger charge is 2.12. The molecule has 1 heterocycles. The molecule has 32 heavy (non-hydrogen) atoms. The molecule has 0 radical (unpaired) electrons. The molecule has 0 saturated heterocycles. The van der Waals surface area contributed by atoms with E-state index < -0.39 is 11.8 Å². The molecule has 8 nitrogen and oxygen atoms in total. The first kappa shape index (κ1) is 23.3. The van der Waals surface area contributed by atoms with Crippen molar-refractivity contribution >= 4 is 40.9 Å². The van der Waals surface area contributed by atoms with Crippen LogP contribution in [-0.4, -0.2) is 29.3 Å². The number of aryl methyl sites for hydroxylation is 1. The van der Waals surface area contributed by atoms with Gasteiger partial charge in [-0.15, -0.1) is 0 Å². The molecule has 4 N–H and O–H groups in total. The number of nitrogens with two attached hydrogens (primary N) is 1. The summed E-state index contributed by atoms with van der Waals surface area (Å²) in [6.45, 7) is 0.0780. The van der Waals surface area contributed by atoms with Gasteiger partial charge in [0.1, 0.15) is 0 Å². The van der Waals surface area contributed by atoms with E-state index in [-0.39, 0.29) is 18.9 Å². The smallest absolute Gasteiger partial charge is 0.251 e. The number of primary amides is 1. The van der Waals surface area contributed by atoms with E-state index in [4.69, 9.17) is 33.4 Å². The lowest BCUT2D eigenvalue weighted by molar-refractivity contribution is -0.121. The zero-order valence-corrected chi connectivity index (χ0v) is 18.4. The van der Waals surface area contributed by atoms with Crippen molar-refractivity contribution < 1.29 is 18.8 Å². The highest BCUT2D eigenvalue weighted by molar-refractivity contribution is 6.36. The molecule has 3 rings (SSSR count). The summed E-state index contributed by atoms with van der Waals surface area (Å²) >= 11 is 12.1. The third-order valence-electron chi connectivity index (χ3n) is 4.45. The van der Waals surface area contributed by atoms with Crippen LogP contribution < -0.4 is 16.4 Å². The predicted octanol–water partition coefficient (Wildman–Crippen LogP) is 3.11. The summed E-state index contributed by atoms with van der Waals surface area (Å²) in [5, 5.41) is 6.19. The molecule has 1 aromatic heterocycles. The lowest BCUT2D eigenvalue weighted by Crippen LogP contribution is -2.33. The first-order chi connectivity index (χ1) is 15.3. The van der Waals surface area contributed by atoms with Crippen LogP contribution in [0, 0.1) is 0 Å². The Morgan fingerprint density at radius 3 is 2.47 bits per heavy atom. The van der Waals surface area contributed by atoms with E-state index in [9.17, 15) is 14.4 Å². The summed E-state index contributed by atoms with van der Waals surface area (Å²) in [6, 6.07) is 11.7. The molecule has 2 aromatic carbocycles. The first-order valence-corrected chi connectivity index (χ1v) is 10.4. The number of carbonyl (C=O) groups is 3. The average Bonchev–Trinajstić information content (AvgIpc) is 3.23. The number of oxazole rings is 1. The molecule has 0 fully saturated rings. The summed E-state index contributed by atoms with van der Waals surface area (Å²) < 4.78 is 5.69. The van der Waals surface area contributed by atoms with E-state index in [1.54, 1.807) is 48.7 Å². The monoisotopic (exact) mass is 474 g/mol. The highest BCUT2D eigenvalue weighted by atomic mass is 35.5. The summed E-state index contributed by atoms with van der Waals surface area (Å²) in [5.41, 5.74) is 6.88. The molecule has 0 aliphatic rings. The minimum Gasteiger partial charge on any atom is -0.441 e. The van der Waals surface area contributed by atoms with Crippen LogP contribution in [0.2, 0.25) is 10.0 Å². The van der Waals surface area contributed by atoms with Crippen LogP contribution in [0.15, 0.2) is 53.1 Å². The van der Waals surface area contributed by atoms with Crippen molar-refractivity contribution in [2.24, 2.45) is 5.73 Å². The first-order valence-electron chi connectivity index (χ1n) is 9.64. The zero-order chi connectivity index (χ0) is 23.1. The van der Waals surface area contributed by atoms with E-state index in [2.05, 4.69) is 15.6 Å². The Morgan fingerprint density at radius 2 is 1.78 bits per heavy atom. The third kappa shape index (κ3) is 6.57. The highest BCUT2D eigenvalue weighted by Crippen LogP contribution is 2.30. The van der Waals surface area contributed by atoms with Crippen LogP contribution in [0.3, 0.4) is 0 Å². The van der Waals surface area contributed by atoms with Gasteiger partial charge in [0.15, 0.2) is 11.7 Å². The summed E-state index contributed by atoms with van der Waals surface area (Å²) in [6.07, 6.45) is 2.08. The third-order valence-corrected chi connectivity index (χ3v) is 4.99. The van der Waals surface area contributed by atoms with Gasteiger partial charge in [0.2, 0.25) is 11.8 Å². The van der Waals surface area contributed by atoms with Crippen LogP contribution in [-0.2, 0) is 22.6 Å². The SMILES string of the molecule is NC(=O)CNC(=O)c1ccc(CNC(=O)CCc2ncc(-c3ccc(Cl)cc3Cl)o2)cc1. The zero-order valence-electron chi connectivity index (χ0n) is 16.9. The predicted molar refractivity (Wildman–Crippen MR) is 120 cm³/mol. The van der Waals surface area contributed by atoms with Gasteiger partial charge in [-0.05, 0) is 35.9 Å². The molecule has 0 atom stereocenters. The quantitative estimate of drug-likeness (QED) is 0.438. The molecule has 0 bridgehead atoms. The van der Waals surface area contributed by atoms with Gasteiger partial charge in [-0.1, -0.05) is 35.3 Å². The molecule has 0 unspecified atom stereocenters. The van der Waals surface area contributed by atoms with Crippen molar-refractivity contribution in [3.8, 4) is 11.3 Å². The second-order valence-corrected chi connectivity index (χ2v) is 7.71. The molecular weight excluding hydrogens is 455 g/mol. The maximum Gasteiger partial charge on any atom is 0.251 e. The summed E-state index contributed by atoms with van der Waals surface area (Å²) in [7, 11) is 0. The molecule has 10 heteroatoms. The Kier molecular flexibility index (Phi) is 7.86. The molecule has 3 amide bonds. The van der Waals surface area contributed by atoms with Gasteiger partial charge in [-0.2, -0.15) is 0 Å². The van der Waals surface area contributed by atoms with Crippen LogP contribution in [0.1, 0.15) is 28.2 Å². The Labute approximate surface area is 194 Å². The Bertz CT molecular complexity index is 1130. The van der Waals surface area contributed by atoms with Gasteiger partial charge in [0, 0.05) is 35.5 Å². The van der Waals surface area contributed by atoms with Crippen molar-refractivity contribution in [2.75, 3.05) is 6.54 Å². The van der Waals surface area contributed by atoms with E-state index in [1.165, 1.54) is 0 Å². The van der Waals surface area contributed by atoms with E-state index in [0.717, 1.165) is 5.56 Å². The summed E-state index contributed by atoms with van der Waals surface area (Å²) in [5.74, 6) is -0.260. The van der Waals surface area contributed by atoms with Gasteiger partial charge in [0.25, 0.3) is 5.91 Å². The van der Waals surface area contributed by atoms with Gasteiger partial charge < -0.3 is 20.8 Å². The number of nitrogens with zero attached hydrogens (tertiary/aromatic N) is 1. The number of aromatic nitrogens is 1. The van der Waals surface area contributed by atoms with Crippen molar-refractivity contribution in [3.05, 3.63) is 75.7 Å². The van der Waals surface area contributed by atoms with E-state index in [0.29, 0.717) is 45.8 Å². The van der Waals surface area contributed by atoms with Crippen LogP contribution in [0.5, 0.6) is 0 Å². The number of nitrogens with one attached hydrogen (secondary N) is 2. The molecule has 3 aromatic rings. The number of hydrogen-bond acceptors (Lipinski definition) is 5. The minimum absolute atomic E-state index is 0.169. The Morgan fingerprint density at radius 1 is 1.03 bits per heavy atom. The van der Waals surface area contributed by atoms with E-state index in [1.807, 2.05) is 0 Å². The van der Waals surface area contributed by atoms with Crippen molar-refractivity contribution in [1.82, 2.24) is 15.6 Å². The molecular formula is C22H20Cl2N4O4. The number of benzene rings is 2. The fourth-order valence-corrected chi connectivity index (χ4v) is 3.29. The van der Waals surface area contributed by atoms with Crippen LogP contribution in [0.4, 0.5) is 0 Å².